The molecule has 0 bridgehead atoms. The molecule has 0 aliphatic carbocycles. The maximum atomic E-state index is 9.88. The summed E-state index contributed by atoms with van der Waals surface area (Å²) in [6.45, 7) is 0.830. The summed E-state index contributed by atoms with van der Waals surface area (Å²) in [5.74, 6) is 0. The minimum absolute atomic E-state index is 0.346. The summed E-state index contributed by atoms with van der Waals surface area (Å²) < 4.78 is 15.8. The van der Waals surface area contributed by atoms with Gasteiger partial charge in [0.1, 0.15) is 36.6 Å². The van der Waals surface area contributed by atoms with E-state index >= 15 is 0 Å². The molecule has 2 aliphatic rings. The van der Waals surface area contributed by atoms with Crippen molar-refractivity contribution in [3.63, 3.8) is 0 Å². The number of hydrogen-bond acceptors (Lipinski definition) is 8. The highest BCUT2D eigenvalue weighted by atomic mass is 16.7. The Morgan fingerprint density at radius 1 is 0.895 bits per heavy atom. The monoisotopic (exact) mass is 280 g/mol. The van der Waals surface area contributed by atoms with Gasteiger partial charge in [0.25, 0.3) is 0 Å². The molecule has 2 saturated heterocycles. The van der Waals surface area contributed by atoms with E-state index in [1.807, 2.05) is 0 Å². The van der Waals surface area contributed by atoms with Crippen molar-refractivity contribution in [2.24, 2.45) is 0 Å². The van der Waals surface area contributed by atoms with E-state index in [1.165, 1.54) is 0 Å². The molecule has 0 aromatic heterocycles. The van der Waals surface area contributed by atoms with Crippen LogP contribution in [0.15, 0.2) is 0 Å². The van der Waals surface area contributed by atoms with Crippen LogP contribution in [-0.4, -0.2) is 87.8 Å². The summed E-state index contributed by atoms with van der Waals surface area (Å²) in [5.41, 5.74) is 0. The molecule has 0 radical (unpaired) electrons. The molecule has 2 heterocycles. The van der Waals surface area contributed by atoms with E-state index in [2.05, 4.69) is 0 Å². The molecule has 0 aromatic rings. The van der Waals surface area contributed by atoms with Crippen LogP contribution in [0.3, 0.4) is 0 Å². The quantitative estimate of drug-likeness (QED) is 0.367. The van der Waals surface area contributed by atoms with E-state index in [0.717, 1.165) is 0 Å². The smallest absolute Gasteiger partial charge is 0.187 e. The van der Waals surface area contributed by atoms with Crippen molar-refractivity contribution in [1.82, 2.24) is 0 Å². The minimum atomic E-state index is -1.33. The molecule has 2 fully saturated rings. The van der Waals surface area contributed by atoms with Crippen LogP contribution in [-0.2, 0) is 14.2 Å². The van der Waals surface area contributed by atoms with Gasteiger partial charge in [-0.1, -0.05) is 0 Å². The van der Waals surface area contributed by atoms with Crippen molar-refractivity contribution in [2.45, 2.75) is 55.9 Å². The molecule has 19 heavy (non-hydrogen) atoms. The molecule has 0 saturated carbocycles. The van der Waals surface area contributed by atoms with Gasteiger partial charge in [-0.25, -0.2) is 0 Å². The van der Waals surface area contributed by atoms with E-state index in [4.69, 9.17) is 24.4 Å². The van der Waals surface area contributed by atoms with Gasteiger partial charge < -0.3 is 39.7 Å². The molecule has 8 atom stereocenters. The molecule has 112 valence electrons. The van der Waals surface area contributed by atoms with Crippen molar-refractivity contribution < 1.29 is 39.7 Å². The number of ether oxygens (including phenoxy) is 3. The number of rotatable bonds is 4. The van der Waals surface area contributed by atoms with Gasteiger partial charge in [-0.2, -0.15) is 0 Å². The molecule has 0 amide bonds. The summed E-state index contributed by atoms with van der Waals surface area (Å²) in [6.07, 6.45) is -7.81. The summed E-state index contributed by atoms with van der Waals surface area (Å²) in [5, 5.41) is 47.3. The van der Waals surface area contributed by atoms with Crippen LogP contribution in [0.5, 0.6) is 0 Å². The standard InChI is InChI=1S/C11H20O8/c1-4-7(14)10(6(3-13)17-4)19-11-9(16)8(15)5(2-12)18-11/h4-16H,2-3H2,1H3/t4?,5-,6-,7+,8+,9-,10+,11?/m1/s1. The van der Waals surface area contributed by atoms with Gasteiger partial charge >= 0.3 is 0 Å². The number of aliphatic hydroxyl groups is 5. The molecule has 2 rings (SSSR count). The van der Waals surface area contributed by atoms with E-state index in [-0.39, 0.29) is 6.61 Å². The molecule has 8 nitrogen and oxygen atoms in total. The summed E-state index contributed by atoms with van der Waals surface area (Å²) >= 11 is 0. The predicted octanol–water partition coefficient (Wildman–Crippen LogP) is -3.05. The molecule has 2 aliphatic heterocycles. The fraction of sp³-hybridized carbons (Fsp3) is 1.00. The summed E-state index contributed by atoms with van der Waals surface area (Å²) in [7, 11) is 0. The second-order valence-corrected chi connectivity index (χ2v) is 4.86. The molecule has 0 aromatic carbocycles. The maximum absolute atomic E-state index is 9.88. The Balaban J connectivity index is 2.00. The first-order chi connectivity index (χ1) is 8.99. The SMILES string of the molecule is CC1O[C@H](CO)[C@H](OC2O[C@H](CO)[C@H](O)[C@H]2O)[C@H]1O. The Labute approximate surface area is 110 Å². The fourth-order valence-electron chi connectivity index (χ4n) is 2.37. The highest BCUT2D eigenvalue weighted by Crippen LogP contribution is 2.29. The summed E-state index contributed by atoms with van der Waals surface area (Å²) in [4.78, 5) is 0. The topological polar surface area (TPSA) is 129 Å². The zero-order chi connectivity index (χ0) is 14.2. The van der Waals surface area contributed by atoms with Gasteiger partial charge in [0.05, 0.1) is 19.3 Å². The lowest BCUT2D eigenvalue weighted by Crippen LogP contribution is -2.43. The Morgan fingerprint density at radius 3 is 2.05 bits per heavy atom. The van der Waals surface area contributed by atoms with Crippen LogP contribution < -0.4 is 0 Å². The van der Waals surface area contributed by atoms with Crippen molar-refractivity contribution in [2.75, 3.05) is 13.2 Å². The highest BCUT2D eigenvalue weighted by molar-refractivity contribution is 4.93. The van der Waals surface area contributed by atoms with E-state index in [1.54, 1.807) is 6.92 Å². The van der Waals surface area contributed by atoms with E-state index in [9.17, 15) is 15.3 Å². The van der Waals surface area contributed by atoms with Gasteiger partial charge in [-0.3, -0.25) is 0 Å². The fourth-order valence-corrected chi connectivity index (χ4v) is 2.37. The Bertz CT molecular complexity index is 300. The van der Waals surface area contributed by atoms with Crippen molar-refractivity contribution in [1.29, 1.82) is 0 Å². The predicted molar refractivity (Wildman–Crippen MR) is 60.1 cm³/mol. The molecule has 5 N–H and O–H groups in total. The number of aliphatic hydroxyl groups excluding tert-OH is 5. The first-order valence-corrected chi connectivity index (χ1v) is 6.22. The number of hydrogen-bond donors (Lipinski definition) is 5. The molecular formula is C11H20O8. The second kappa shape index (κ2) is 5.98. The van der Waals surface area contributed by atoms with Crippen LogP contribution in [0.25, 0.3) is 0 Å². The average Bonchev–Trinajstić information content (AvgIpc) is 2.83. The van der Waals surface area contributed by atoms with Gasteiger partial charge in [0, 0.05) is 0 Å². The molecule has 8 heteroatoms. The second-order valence-electron chi connectivity index (χ2n) is 4.86. The van der Waals surface area contributed by atoms with Crippen LogP contribution >= 0.6 is 0 Å². The Morgan fingerprint density at radius 2 is 1.53 bits per heavy atom. The highest BCUT2D eigenvalue weighted by Gasteiger charge is 2.49. The van der Waals surface area contributed by atoms with Crippen LogP contribution in [0, 0.1) is 0 Å². The third kappa shape index (κ3) is 2.76. The van der Waals surface area contributed by atoms with Gasteiger partial charge in [0.15, 0.2) is 6.29 Å². The van der Waals surface area contributed by atoms with Crippen molar-refractivity contribution in [3.8, 4) is 0 Å². The summed E-state index contributed by atoms with van der Waals surface area (Å²) in [6, 6.07) is 0. The average molecular weight is 280 g/mol. The third-order valence-corrected chi connectivity index (χ3v) is 3.54. The van der Waals surface area contributed by atoms with Gasteiger partial charge in [-0.05, 0) is 6.92 Å². The lowest BCUT2D eigenvalue weighted by Gasteiger charge is -2.25. The molecular weight excluding hydrogens is 260 g/mol. The van der Waals surface area contributed by atoms with Gasteiger partial charge in [0.2, 0.25) is 0 Å². The Kier molecular flexibility index (Phi) is 4.75. The van der Waals surface area contributed by atoms with Gasteiger partial charge in [-0.15, -0.1) is 0 Å². The normalized spacial score (nSPS) is 50.8. The van der Waals surface area contributed by atoms with Crippen LogP contribution in [0.1, 0.15) is 6.92 Å². The van der Waals surface area contributed by atoms with Crippen LogP contribution in [0.2, 0.25) is 0 Å². The zero-order valence-corrected chi connectivity index (χ0v) is 10.5. The van der Waals surface area contributed by atoms with Crippen molar-refractivity contribution >= 4 is 0 Å². The lowest BCUT2D eigenvalue weighted by molar-refractivity contribution is -0.214. The van der Waals surface area contributed by atoms with E-state index in [0.29, 0.717) is 0 Å². The van der Waals surface area contributed by atoms with E-state index < -0.39 is 55.6 Å². The lowest BCUT2D eigenvalue weighted by atomic mass is 10.1. The minimum Gasteiger partial charge on any atom is -0.394 e. The van der Waals surface area contributed by atoms with Crippen LogP contribution in [0.4, 0.5) is 0 Å². The molecule has 2 unspecified atom stereocenters. The zero-order valence-electron chi connectivity index (χ0n) is 10.5. The third-order valence-electron chi connectivity index (χ3n) is 3.54. The Hall–Kier alpha value is -0.320. The first-order valence-electron chi connectivity index (χ1n) is 6.22. The molecule has 0 spiro atoms. The van der Waals surface area contributed by atoms with Crippen molar-refractivity contribution in [3.05, 3.63) is 0 Å². The first kappa shape index (κ1) is 15.1. The maximum Gasteiger partial charge on any atom is 0.187 e. The largest absolute Gasteiger partial charge is 0.394 e.